The Kier molecular flexibility index (Phi) is 9.60. The number of nitrogens with zero attached hydrogens (tertiary/aromatic N) is 2. The van der Waals surface area contributed by atoms with Crippen molar-refractivity contribution in [2.24, 2.45) is 0 Å². The Morgan fingerprint density at radius 3 is 2.41 bits per heavy atom. The number of likely N-dealkylation sites (N-methyl/N-ethyl adjacent to an activating group) is 1. The minimum absolute atomic E-state index is 0.0241. The SMILES string of the molecule is CCNC(=O)[C@@H](Cc1ccccc1)N(Cc1ccccc1C)C(=O)COc1ccc([N+](=O)[O-])c(OC)c1. The third-order valence-electron chi connectivity index (χ3n) is 5.93. The standard InChI is InChI=1S/C28H31N3O6/c1-4-29-28(33)25(16-21-11-6-5-7-12-21)30(18-22-13-9-8-10-20(22)2)27(32)19-37-23-14-15-24(31(34)35)26(17-23)36-3/h5-15,17,25H,4,16,18-19H2,1-3H3,(H,29,33)/t25-/m1/s1. The molecule has 194 valence electrons. The number of aryl methyl sites for hydroxylation is 1. The third-order valence-corrected chi connectivity index (χ3v) is 5.93. The summed E-state index contributed by atoms with van der Waals surface area (Å²) in [5.74, 6) is -0.390. The molecule has 37 heavy (non-hydrogen) atoms. The topological polar surface area (TPSA) is 111 Å². The smallest absolute Gasteiger partial charge is 0.311 e. The van der Waals surface area contributed by atoms with Gasteiger partial charge in [0.25, 0.3) is 5.91 Å². The molecule has 0 spiro atoms. The highest BCUT2D eigenvalue weighted by Crippen LogP contribution is 2.31. The Bertz CT molecular complexity index is 1230. The monoisotopic (exact) mass is 505 g/mol. The lowest BCUT2D eigenvalue weighted by Gasteiger charge is -2.31. The van der Waals surface area contributed by atoms with Crippen molar-refractivity contribution < 1.29 is 24.0 Å². The van der Waals surface area contributed by atoms with Gasteiger partial charge in [0.2, 0.25) is 11.7 Å². The second-order valence-electron chi connectivity index (χ2n) is 8.43. The predicted octanol–water partition coefficient (Wildman–Crippen LogP) is 4.07. The van der Waals surface area contributed by atoms with Gasteiger partial charge in [0.1, 0.15) is 11.8 Å². The fourth-order valence-corrected chi connectivity index (χ4v) is 3.94. The van der Waals surface area contributed by atoms with Crippen molar-refractivity contribution in [3.05, 3.63) is 99.6 Å². The van der Waals surface area contributed by atoms with Crippen LogP contribution in [0.1, 0.15) is 23.6 Å². The number of carbonyl (C=O) groups is 2. The molecule has 0 radical (unpaired) electrons. The summed E-state index contributed by atoms with van der Waals surface area (Å²) in [7, 11) is 1.32. The zero-order chi connectivity index (χ0) is 26.8. The Hall–Kier alpha value is -4.40. The van der Waals surface area contributed by atoms with Crippen molar-refractivity contribution in [2.75, 3.05) is 20.3 Å². The molecular formula is C28H31N3O6. The molecule has 9 heteroatoms. The molecule has 0 unspecified atom stereocenters. The molecule has 3 aromatic carbocycles. The maximum atomic E-state index is 13.6. The van der Waals surface area contributed by atoms with E-state index >= 15 is 0 Å². The summed E-state index contributed by atoms with van der Waals surface area (Å²) in [6.45, 7) is 4.06. The zero-order valence-electron chi connectivity index (χ0n) is 21.2. The Labute approximate surface area is 216 Å². The minimum atomic E-state index is -0.774. The second kappa shape index (κ2) is 13.1. The van der Waals surface area contributed by atoms with Gasteiger partial charge < -0.3 is 19.7 Å². The van der Waals surface area contributed by atoms with E-state index in [1.807, 2.05) is 68.4 Å². The lowest BCUT2D eigenvalue weighted by Crippen LogP contribution is -2.51. The van der Waals surface area contributed by atoms with Gasteiger partial charge in [-0.05, 0) is 36.6 Å². The van der Waals surface area contributed by atoms with E-state index in [-0.39, 0.29) is 36.2 Å². The Balaban J connectivity index is 1.90. The normalized spacial score (nSPS) is 11.3. The number of benzene rings is 3. The van der Waals surface area contributed by atoms with E-state index in [4.69, 9.17) is 9.47 Å². The maximum absolute atomic E-state index is 13.6. The van der Waals surface area contributed by atoms with Crippen LogP contribution in [0.5, 0.6) is 11.5 Å². The van der Waals surface area contributed by atoms with Crippen LogP contribution in [0.25, 0.3) is 0 Å². The molecule has 1 atom stereocenters. The van der Waals surface area contributed by atoms with Gasteiger partial charge in [0.15, 0.2) is 6.61 Å². The van der Waals surface area contributed by atoms with Crippen LogP contribution in [0.15, 0.2) is 72.8 Å². The Morgan fingerprint density at radius 1 is 1.05 bits per heavy atom. The van der Waals surface area contributed by atoms with Gasteiger partial charge in [-0.2, -0.15) is 0 Å². The molecule has 3 aromatic rings. The average Bonchev–Trinajstić information content (AvgIpc) is 2.90. The van der Waals surface area contributed by atoms with Crippen LogP contribution in [0.3, 0.4) is 0 Å². The summed E-state index contributed by atoms with van der Waals surface area (Å²) in [5.41, 5.74) is 2.62. The molecule has 3 rings (SSSR count). The number of hydrogen-bond donors (Lipinski definition) is 1. The van der Waals surface area contributed by atoms with E-state index in [9.17, 15) is 19.7 Å². The van der Waals surface area contributed by atoms with Gasteiger partial charge in [0.05, 0.1) is 12.0 Å². The molecule has 0 bridgehead atoms. The van der Waals surface area contributed by atoms with Gasteiger partial charge in [-0.15, -0.1) is 0 Å². The maximum Gasteiger partial charge on any atom is 0.311 e. The van der Waals surface area contributed by atoms with Crippen LogP contribution in [-0.2, 0) is 22.6 Å². The van der Waals surface area contributed by atoms with E-state index in [0.717, 1.165) is 16.7 Å². The van der Waals surface area contributed by atoms with Crippen molar-refractivity contribution in [2.45, 2.75) is 32.9 Å². The second-order valence-corrected chi connectivity index (χ2v) is 8.43. The van der Waals surface area contributed by atoms with E-state index in [2.05, 4.69) is 5.32 Å². The van der Waals surface area contributed by atoms with Gasteiger partial charge in [-0.25, -0.2) is 0 Å². The lowest BCUT2D eigenvalue weighted by atomic mass is 10.0. The summed E-state index contributed by atoms with van der Waals surface area (Å²) in [5, 5.41) is 14.0. The Morgan fingerprint density at radius 2 is 1.76 bits per heavy atom. The summed E-state index contributed by atoms with van der Waals surface area (Å²) in [6.07, 6.45) is 0.329. The van der Waals surface area contributed by atoms with Gasteiger partial charge in [-0.1, -0.05) is 54.6 Å². The first-order valence-electron chi connectivity index (χ1n) is 11.9. The molecule has 0 heterocycles. The number of amides is 2. The number of nitrogens with one attached hydrogen (secondary N) is 1. The largest absolute Gasteiger partial charge is 0.490 e. The number of carbonyl (C=O) groups excluding carboxylic acids is 2. The van der Waals surface area contributed by atoms with Gasteiger partial charge in [-0.3, -0.25) is 19.7 Å². The average molecular weight is 506 g/mol. The summed E-state index contributed by atoms with van der Waals surface area (Å²) in [6, 6.07) is 20.5. The van der Waals surface area contributed by atoms with E-state index in [0.29, 0.717) is 13.0 Å². The zero-order valence-corrected chi connectivity index (χ0v) is 21.2. The fourth-order valence-electron chi connectivity index (χ4n) is 3.94. The highest BCUT2D eigenvalue weighted by atomic mass is 16.6. The van der Waals surface area contributed by atoms with Crippen LogP contribution in [0, 0.1) is 17.0 Å². The molecule has 0 fully saturated rings. The van der Waals surface area contributed by atoms with Crippen molar-refractivity contribution in [1.82, 2.24) is 10.2 Å². The first-order valence-corrected chi connectivity index (χ1v) is 11.9. The molecule has 9 nitrogen and oxygen atoms in total. The number of nitro benzene ring substituents is 1. The van der Waals surface area contributed by atoms with Crippen molar-refractivity contribution in [3.8, 4) is 11.5 Å². The minimum Gasteiger partial charge on any atom is -0.490 e. The van der Waals surface area contributed by atoms with Crippen LogP contribution in [0.2, 0.25) is 0 Å². The van der Waals surface area contributed by atoms with Crippen LogP contribution in [0.4, 0.5) is 5.69 Å². The van der Waals surface area contributed by atoms with Crippen molar-refractivity contribution in [3.63, 3.8) is 0 Å². The molecule has 0 aliphatic carbocycles. The predicted molar refractivity (Wildman–Crippen MR) is 139 cm³/mol. The highest BCUT2D eigenvalue weighted by Gasteiger charge is 2.31. The van der Waals surface area contributed by atoms with Crippen LogP contribution >= 0.6 is 0 Å². The highest BCUT2D eigenvalue weighted by molar-refractivity contribution is 5.88. The molecular weight excluding hydrogens is 474 g/mol. The number of rotatable bonds is 12. The molecule has 1 N–H and O–H groups in total. The third kappa shape index (κ3) is 7.30. The summed E-state index contributed by atoms with van der Waals surface area (Å²) >= 11 is 0. The van der Waals surface area contributed by atoms with E-state index in [1.54, 1.807) is 0 Å². The van der Waals surface area contributed by atoms with E-state index in [1.165, 1.54) is 30.2 Å². The summed E-state index contributed by atoms with van der Waals surface area (Å²) in [4.78, 5) is 38.9. The van der Waals surface area contributed by atoms with Gasteiger partial charge >= 0.3 is 5.69 Å². The lowest BCUT2D eigenvalue weighted by molar-refractivity contribution is -0.385. The first kappa shape index (κ1) is 27.2. The van der Waals surface area contributed by atoms with Crippen molar-refractivity contribution >= 4 is 17.5 Å². The number of methoxy groups -OCH3 is 1. The number of hydrogen-bond acceptors (Lipinski definition) is 6. The molecule has 0 aliphatic heterocycles. The molecule has 0 aromatic heterocycles. The molecule has 0 saturated carbocycles. The van der Waals surface area contributed by atoms with Crippen LogP contribution in [-0.4, -0.2) is 47.9 Å². The number of nitro groups is 1. The van der Waals surface area contributed by atoms with E-state index < -0.39 is 16.9 Å². The number of ether oxygens (including phenoxy) is 2. The first-order chi connectivity index (χ1) is 17.8. The molecule has 0 aliphatic rings. The van der Waals surface area contributed by atoms with Crippen LogP contribution < -0.4 is 14.8 Å². The van der Waals surface area contributed by atoms with Crippen molar-refractivity contribution in [1.29, 1.82) is 0 Å². The molecule has 2 amide bonds. The molecule has 0 saturated heterocycles. The summed E-state index contributed by atoms with van der Waals surface area (Å²) < 4.78 is 10.8. The van der Waals surface area contributed by atoms with Gasteiger partial charge in [0, 0.05) is 31.6 Å². The quantitative estimate of drug-likeness (QED) is 0.293. The fraction of sp³-hybridized carbons (Fsp3) is 0.286.